The summed E-state index contributed by atoms with van der Waals surface area (Å²) < 4.78 is 0.711. The zero-order valence-electron chi connectivity index (χ0n) is 12.3. The highest BCUT2D eigenvalue weighted by molar-refractivity contribution is 7.17. The Kier molecular flexibility index (Phi) is 4.37. The molecule has 2 unspecified atom stereocenters. The molecule has 0 bridgehead atoms. The van der Waals surface area contributed by atoms with Crippen molar-refractivity contribution in [3.8, 4) is 0 Å². The molecule has 21 heavy (non-hydrogen) atoms. The van der Waals surface area contributed by atoms with Crippen LogP contribution >= 0.6 is 11.3 Å². The molecule has 6 heteroatoms. The van der Waals surface area contributed by atoms with Crippen LogP contribution < -0.4 is 11.3 Å². The van der Waals surface area contributed by atoms with Crippen LogP contribution in [0.3, 0.4) is 0 Å². The Balaban J connectivity index is 1.83. The van der Waals surface area contributed by atoms with Gasteiger partial charge in [-0.2, -0.15) is 0 Å². The molecule has 0 radical (unpaired) electrons. The van der Waals surface area contributed by atoms with Crippen LogP contribution in [0.5, 0.6) is 0 Å². The quantitative estimate of drug-likeness (QED) is 0.885. The number of fused-ring (bicyclic) bond motifs is 1. The van der Waals surface area contributed by atoms with Crippen molar-refractivity contribution in [3.63, 3.8) is 0 Å². The minimum Gasteiger partial charge on any atom is -0.330 e. The smallest absolute Gasteiger partial charge is 0.268 e. The van der Waals surface area contributed by atoms with Crippen LogP contribution in [0.2, 0.25) is 0 Å². The van der Waals surface area contributed by atoms with Crippen LogP contribution in [0.1, 0.15) is 32.0 Å². The predicted octanol–water partition coefficient (Wildman–Crippen LogP) is 1.93. The molecule has 0 spiro atoms. The Hall–Kier alpha value is -1.24. The van der Waals surface area contributed by atoms with Gasteiger partial charge >= 0.3 is 0 Å². The molecule has 1 fully saturated rings. The second kappa shape index (κ2) is 6.25. The fourth-order valence-corrected chi connectivity index (χ4v) is 4.15. The summed E-state index contributed by atoms with van der Waals surface area (Å²) >= 11 is 1.44. The third-order valence-electron chi connectivity index (χ3n) is 4.51. The van der Waals surface area contributed by atoms with E-state index in [-0.39, 0.29) is 5.56 Å². The first-order valence-electron chi connectivity index (χ1n) is 7.63. The molecule has 0 saturated heterocycles. The first kappa shape index (κ1) is 14.7. The van der Waals surface area contributed by atoms with Crippen LogP contribution in [0.4, 0.5) is 0 Å². The number of hydrogen-bond acceptors (Lipinski definition) is 5. The Labute approximate surface area is 128 Å². The van der Waals surface area contributed by atoms with Crippen molar-refractivity contribution < 1.29 is 0 Å². The van der Waals surface area contributed by atoms with E-state index in [1.807, 2.05) is 11.4 Å². The van der Waals surface area contributed by atoms with E-state index in [0.29, 0.717) is 23.2 Å². The third kappa shape index (κ3) is 2.88. The van der Waals surface area contributed by atoms with E-state index in [1.54, 1.807) is 0 Å². The van der Waals surface area contributed by atoms with Gasteiger partial charge in [0, 0.05) is 6.04 Å². The number of thiophene rings is 1. The van der Waals surface area contributed by atoms with Crippen LogP contribution in [0, 0.1) is 5.92 Å². The number of H-pyrrole nitrogens is 1. The molecule has 114 valence electrons. The average molecular weight is 306 g/mol. The number of aromatic amines is 1. The largest absolute Gasteiger partial charge is 0.330 e. The van der Waals surface area contributed by atoms with Gasteiger partial charge in [-0.05, 0) is 43.3 Å². The Bertz CT molecular complexity index is 665. The van der Waals surface area contributed by atoms with Gasteiger partial charge in [-0.25, -0.2) is 4.98 Å². The molecular weight excluding hydrogens is 284 g/mol. The molecule has 0 amide bonds. The van der Waals surface area contributed by atoms with Crippen LogP contribution in [0.25, 0.3) is 10.2 Å². The SMILES string of the molecule is CCN(Cc1nc2ccsc2c(=O)[nH]1)C1CCCC1CN. The van der Waals surface area contributed by atoms with E-state index in [4.69, 9.17) is 5.73 Å². The zero-order valence-corrected chi connectivity index (χ0v) is 13.2. The molecular formula is C15H22N4OS. The van der Waals surface area contributed by atoms with Crippen molar-refractivity contribution >= 4 is 21.6 Å². The molecule has 5 nitrogen and oxygen atoms in total. The highest BCUT2D eigenvalue weighted by Crippen LogP contribution is 2.29. The van der Waals surface area contributed by atoms with Gasteiger partial charge in [-0.15, -0.1) is 11.3 Å². The summed E-state index contributed by atoms with van der Waals surface area (Å²) in [5.74, 6) is 1.33. The minimum atomic E-state index is -0.0251. The van der Waals surface area contributed by atoms with Crippen molar-refractivity contribution in [2.45, 2.75) is 38.8 Å². The van der Waals surface area contributed by atoms with Crippen molar-refractivity contribution in [1.82, 2.24) is 14.9 Å². The van der Waals surface area contributed by atoms with Crippen LogP contribution in [-0.2, 0) is 6.54 Å². The van der Waals surface area contributed by atoms with Crippen molar-refractivity contribution in [1.29, 1.82) is 0 Å². The van der Waals surface area contributed by atoms with E-state index in [0.717, 1.165) is 24.4 Å². The third-order valence-corrected chi connectivity index (χ3v) is 5.42. The summed E-state index contributed by atoms with van der Waals surface area (Å²) in [5.41, 5.74) is 6.67. The molecule has 3 N–H and O–H groups in total. The van der Waals surface area contributed by atoms with Crippen molar-refractivity contribution in [2.24, 2.45) is 11.7 Å². The second-order valence-corrected chi connectivity index (χ2v) is 6.62. The first-order valence-corrected chi connectivity index (χ1v) is 8.51. The summed E-state index contributed by atoms with van der Waals surface area (Å²) in [4.78, 5) is 22.0. The molecule has 0 aromatic carbocycles. The second-order valence-electron chi connectivity index (χ2n) is 5.70. The van der Waals surface area contributed by atoms with Gasteiger partial charge < -0.3 is 10.7 Å². The molecule has 1 aliphatic rings. The van der Waals surface area contributed by atoms with Gasteiger partial charge in [0.2, 0.25) is 0 Å². The first-order chi connectivity index (χ1) is 10.2. The van der Waals surface area contributed by atoms with Crippen molar-refractivity contribution in [2.75, 3.05) is 13.1 Å². The maximum Gasteiger partial charge on any atom is 0.268 e. The molecule has 2 atom stereocenters. The summed E-state index contributed by atoms with van der Waals surface area (Å²) in [6.07, 6.45) is 3.66. The maximum absolute atomic E-state index is 12.0. The van der Waals surface area contributed by atoms with Gasteiger partial charge in [-0.3, -0.25) is 9.69 Å². The molecule has 1 aliphatic carbocycles. The van der Waals surface area contributed by atoms with E-state index in [9.17, 15) is 4.79 Å². The lowest BCUT2D eigenvalue weighted by molar-refractivity contribution is 0.158. The van der Waals surface area contributed by atoms with Gasteiger partial charge in [0.25, 0.3) is 5.56 Å². The lowest BCUT2D eigenvalue weighted by Gasteiger charge is -2.31. The molecule has 2 aromatic heterocycles. The molecule has 3 rings (SSSR count). The standard InChI is InChI=1S/C15H22N4OS/c1-2-19(12-5-3-4-10(12)8-16)9-13-17-11-6-7-21-14(11)15(20)18-13/h6-7,10,12H,2-5,8-9,16H2,1H3,(H,17,18,20). The Morgan fingerprint density at radius 2 is 2.38 bits per heavy atom. The van der Waals surface area contributed by atoms with E-state index >= 15 is 0 Å². The van der Waals surface area contributed by atoms with Crippen LogP contribution in [0.15, 0.2) is 16.2 Å². The van der Waals surface area contributed by atoms with Crippen molar-refractivity contribution in [3.05, 3.63) is 27.6 Å². The number of nitrogens with one attached hydrogen (secondary N) is 1. The predicted molar refractivity (Wildman–Crippen MR) is 86.5 cm³/mol. The van der Waals surface area contributed by atoms with E-state index < -0.39 is 0 Å². The van der Waals surface area contributed by atoms with E-state index in [2.05, 4.69) is 21.8 Å². The maximum atomic E-state index is 12.0. The summed E-state index contributed by atoms with van der Waals surface area (Å²) in [7, 11) is 0. The lowest BCUT2D eigenvalue weighted by Crippen LogP contribution is -2.40. The van der Waals surface area contributed by atoms with Gasteiger partial charge in [0.1, 0.15) is 10.5 Å². The normalized spacial score (nSPS) is 22.4. The van der Waals surface area contributed by atoms with E-state index in [1.165, 1.54) is 30.6 Å². The average Bonchev–Trinajstić information content (AvgIpc) is 3.13. The Morgan fingerprint density at radius 3 is 3.14 bits per heavy atom. The summed E-state index contributed by atoms with van der Waals surface area (Å²) in [5, 5.41) is 1.91. The topological polar surface area (TPSA) is 75.0 Å². The molecule has 2 heterocycles. The number of nitrogens with two attached hydrogens (primary N) is 1. The molecule has 0 aliphatic heterocycles. The zero-order chi connectivity index (χ0) is 14.8. The van der Waals surface area contributed by atoms with Gasteiger partial charge in [0.05, 0.1) is 12.1 Å². The van der Waals surface area contributed by atoms with Crippen LogP contribution in [-0.4, -0.2) is 34.0 Å². The number of aromatic nitrogens is 2. The number of hydrogen-bond donors (Lipinski definition) is 2. The number of nitrogens with zero attached hydrogens (tertiary/aromatic N) is 2. The fourth-order valence-electron chi connectivity index (χ4n) is 3.43. The molecule has 1 saturated carbocycles. The lowest BCUT2D eigenvalue weighted by atomic mass is 10.0. The van der Waals surface area contributed by atoms with Gasteiger partial charge in [-0.1, -0.05) is 13.3 Å². The number of rotatable bonds is 5. The monoisotopic (exact) mass is 306 g/mol. The summed E-state index contributed by atoms with van der Waals surface area (Å²) in [6.45, 7) is 4.55. The fraction of sp³-hybridized carbons (Fsp3) is 0.600. The molecule has 2 aromatic rings. The Morgan fingerprint density at radius 1 is 1.52 bits per heavy atom. The highest BCUT2D eigenvalue weighted by atomic mass is 32.1. The minimum absolute atomic E-state index is 0.0251. The summed E-state index contributed by atoms with van der Waals surface area (Å²) in [6, 6.07) is 2.43. The highest BCUT2D eigenvalue weighted by Gasteiger charge is 2.30. The van der Waals surface area contributed by atoms with Gasteiger partial charge in [0.15, 0.2) is 0 Å².